The first-order chi connectivity index (χ1) is 22.0. The van der Waals surface area contributed by atoms with E-state index in [1.807, 2.05) is 48.5 Å². The molecule has 2 aromatic heterocycles. The van der Waals surface area contributed by atoms with Gasteiger partial charge >= 0.3 is 26.5 Å². The molecule has 0 fully saturated rings. The van der Waals surface area contributed by atoms with Gasteiger partial charge in [-0.25, -0.2) is 9.97 Å². The van der Waals surface area contributed by atoms with Gasteiger partial charge in [0.2, 0.25) is 0 Å². The Morgan fingerprint density at radius 3 is 1.21 bits per heavy atom. The minimum Gasteiger partial charge on any atom is -0.320 e. The molecule has 2 heterocycles. The number of halogens is 4. The summed E-state index contributed by atoms with van der Waals surface area (Å²) in [4.78, 5) is 46.8. The highest BCUT2D eigenvalue weighted by Crippen LogP contribution is 2.60. The average molecular weight is 723 g/mol. The molecule has 0 radical (unpaired) electrons. The Balaban J connectivity index is 1.53. The summed E-state index contributed by atoms with van der Waals surface area (Å²) >= 11 is 2.76. The number of rotatable bonds is 10. The Morgan fingerprint density at radius 2 is 0.894 bits per heavy atom. The van der Waals surface area contributed by atoms with Crippen LogP contribution in [0.15, 0.2) is 97.1 Å². The van der Waals surface area contributed by atoms with Crippen LogP contribution in [-0.2, 0) is 38.7 Å². The van der Waals surface area contributed by atoms with Gasteiger partial charge in [0.15, 0.2) is 0 Å². The number of alkyl halides is 4. The first-order valence-corrected chi connectivity index (χ1v) is 18.6. The monoisotopic (exact) mass is 722 g/mol. The zero-order valence-electron chi connectivity index (χ0n) is 23.9. The van der Waals surface area contributed by atoms with E-state index >= 15 is 0 Å². The molecule has 16 heteroatoms. The number of aromatic nitrogens is 2. The number of fused-ring (bicyclic) bond motifs is 2. The van der Waals surface area contributed by atoms with Crippen molar-refractivity contribution in [3.05, 3.63) is 129 Å². The van der Waals surface area contributed by atoms with Crippen LogP contribution >= 0.6 is 37.9 Å². The van der Waals surface area contributed by atoms with Crippen molar-refractivity contribution >= 4 is 58.3 Å². The summed E-state index contributed by atoms with van der Waals surface area (Å²) in [5, 5.41) is 1.18. The van der Waals surface area contributed by atoms with Crippen LogP contribution in [-0.4, -0.2) is 29.5 Å². The number of hydrogen-bond donors (Lipinski definition) is 4. The summed E-state index contributed by atoms with van der Waals surface area (Å²) < 4.78 is 82.7. The quantitative estimate of drug-likeness (QED) is 0.0821. The molecule has 0 bridgehead atoms. The van der Waals surface area contributed by atoms with E-state index in [9.17, 15) is 46.3 Å². The van der Waals surface area contributed by atoms with Gasteiger partial charge in [0.05, 0.1) is 25.8 Å². The predicted molar refractivity (Wildman–Crippen MR) is 172 cm³/mol. The van der Waals surface area contributed by atoms with E-state index in [0.717, 1.165) is 33.7 Å². The van der Waals surface area contributed by atoms with E-state index in [1.165, 1.54) is 46.9 Å². The Labute approximate surface area is 272 Å². The van der Waals surface area contributed by atoms with Crippen molar-refractivity contribution in [2.45, 2.75) is 29.6 Å². The van der Waals surface area contributed by atoms with Crippen molar-refractivity contribution in [1.82, 2.24) is 9.97 Å². The van der Waals surface area contributed by atoms with E-state index in [0.29, 0.717) is 32.2 Å². The molecule has 0 aliphatic rings. The maximum absolute atomic E-state index is 14.5. The molecule has 4 N–H and O–H groups in total. The van der Waals surface area contributed by atoms with Crippen molar-refractivity contribution in [2.24, 2.45) is 0 Å². The number of hydrogen-bond acceptors (Lipinski definition) is 6. The lowest BCUT2D eigenvalue weighted by Crippen LogP contribution is -2.33. The van der Waals surface area contributed by atoms with Gasteiger partial charge in [0.1, 0.15) is 10.0 Å². The molecule has 4 aromatic carbocycles. The molecule has 0 spiro atoms. The molecule has 6 aromatic rings. The Bertz CT molecular complexity index is 1960. The summed E-state index contributed by atoms with van der Waals surface area (Å²) in [6.45, 7) is 0. The molecule has 0 aliphatic heterocycles. The minimum absolute atomic E-state index is 0.106. The summed E-state index contributed by atoms with van der Waals surface area (Å²) in [6, 6.07) is 24.0. The molecule has 8 nitrogen and oxygen atoms in total. The van der Waals surface area contributed by atoms with Crippen molar-refractivity contribution in [3.8, 4) is 0 Å². The fraction of sp³-hybridized carbons (Fsp3) is 0.161. The van der Waals surface area contributed by atoms with Gasteiger partial charge < -0.3 is 19.6 Å². The highest BCUT2D eigenvalue weighted by Gasteiger charge is 2.51. The normalized spacial score (nSPS) is 13.4. The van der Waals surface area contributed by atoms with E-state index < -0.39 is 43.1 Å². The molecule has 0 aliphatic carbocycles. The average Bonchev–Trinajstić information content (AvgIpc) is 3.66. The molecule has 244 valence electrons. The second-order valence-electron chi connectivity index (χ2n) is 11.0. The summed E-state index contributed by atoms with van der Waals surface area (Å²) in [5.41, 5.74) is -9.27. The number of thiazole rings is 2. The van der Waals surface area contributed by atoms with E-state index in [4.69, 9.17) is 9.97 Å². The second-order valence-corrected chi connectivity index (χ2v) is 16.3. The Kier molecular flexibility index (Phi) is 8.56. The molecule has 0 amide bonds. The highest BCUT2D eigenvalue weighted by molar-refractivity contribution is 7.52. The van der Waals surface area contributed by atoms with Crippen LogP contribution in [0.25, 0.3) is 20.4 Å². The first kappa shape index (κ1) is 33.6. The van der Waals surface area contributed by atoms with Gasteiger partial charge in [-0.2, -0.15) is 17.6 Å². The molecule has 0 saturated heterocycles. The van der Waals surface area contributed by atoms with Gasteiger partial charge in [-0.3, -0.25) is 9.13 Å². The van der Waals surface area contributed by atoms with Crippen molar-refractivity contribution in [3.63, 3.8) is 0 Å². The van der Waals surface area contributed by atoms with Crippen LogP contribution in [0.4, 0.5) is 17.6 Å². The topological polar surface area (TPSA) is 141 Å². The van der Waals surface area contributed by atoms with Gasteiger partial charge in [-0.05, 0) is 48.2 Å². The van der Waals surface area contributed by atoms with E-state index in [2.05, 4.69) is 0 Å². The molecule has 0 atom stereocenters. The maximum atomic E-state index is 14.5. The number of benzene rings is 4. The first-order valence-electron chi connectivity index (χ1n) is 13.8. The SMILES string of the molecule is O=P(O)(O)C(F)(F)c1ccc(CC(Cc2ccc(C(F)(F)P(=O)(O)O)cc2)(c2nc3ccccc3s2)c2nc3ccccc3s2)cc1. The lowest BCUT2D eigenvalue weighted by Gasteiger charge is -2.31. The van der Waals surface area contributed by atoms with Gasteiger partial charge in [-0.15, -0.1) is 22.7 Å². The van der Waals surface area contributed by atoms with E-state index in [1.54, 1.807) is 0 Å². The summed E-state index contributed by atoms with van der Waals surface area (Å²) in [5.74, 6) is 0. The minimum atomic E-state index is -5.80. The maximum Gasteiger partial charge on any atom is 0.399 e. The number of para-hydroxylation sites is 2. The molecule has 0 saturated carbocycles. The van der Waals surface area contributed by atoms with Crippen molar-refractivity contribution in [1.29, 1.82) is 0 Å². The van der Waals surface area contributed by atoms with E-state index in [-0.39, 0.29) is 12.8 Å². The van der Waals surface area contributed by atoms with Crippen LogP contribution in [0, 0.1) is 0 Å². The fourth-order valence-electron chi connectivity index (χ4n) is 5.29. The Morgan fingerprint density at radius 1 is 0.553 bits per heavy atom. The Hall–Kier alpha value is -3.32. The summed E-state index contributed by atoms with van der Waals surface area (Å²) in [7, 11) is -11.6. The highest BCUT2D eigenvalue weighted by atomic mass is 32.1. The third-order valence-electron chi connectivity index (χ3n) is 7.75. The van der Waals surface area contributed by atoms with Crippen molar-refractivity contribution in [2.75, 3.05) is 0 Å². The third kappa shape index (κ3) is 6.21. The lowest BCUT2D eigenvalue weighted by molar-refractivity contribution is 0.0564. The molecule has 47 heavy (non-hydrogen) atoms. The molecule has 6 rings (SSSR count). The molecular formula is C31H24F4N2O6P2S2. The zero-order valence-corrected chi connectivity index (χ0v) is 27.3. The standard InChI is InChI=1S/C31H24F4N2O6P2S2/c32-30(33,44(38,39)40)21-13-9-19(10-14-21)17-29(27-36-23-5-1-3-7-25(23)46-27,28-37-24-6-2-4-8-26(24)47-28)18-20-11-15-22(16-12-20)31(34,35)45(41,42)43/h1-16H,17-18H2,(H2,38,39,40)(H2,41,42,43). The van der Waals surface area contributed by atoms with Crippen LogP contribution in [0.3, 0.4) is 0 Å². The number of nitrogens with zero attached hydrogens (tertiary/aromatic N) is 2. The van der Waals surface area contributed by atoms with Crippen molar-refractivity contribution < 1.29 is 46.3 Å². The van der Waals surface area contributed by atoms with Gasteiger partial charge in [-0.1, -0.05) is 72.8 Å². The van der Waals surface area contributed by atoms with Crippen LogP contribution in [0.1, 0.15) is 32.3 Å². The van der Waals surface area contributed by atoms with Gasteiger partial charge in [0.25, 0.3) is 0 Å². The molecular weight excluding hydrogens is 698 g/mol. The van der Waals surface area contributed by atoms with Crippen LogP contribution in [0.2, 0.25) is 0 Å². The van der Waals surface area contributed by atoms with Crippen LogP contribution < -0.4 is 0 Å². The lowest BCUT2D eigenvalue weighted by atomic mass is 9.77. The third-order valence-corrected chi connectivity index (χ3v) is 12.2. The largest absolute Gasteiger partial charge is 0.399 e. The fourth-order valence-corrected chi connectivity index (χ4v) is 8.63. The predicted octanol–water partition coefficient (Wildman–Crippen LogP) is 8.13. The van der Waals surface area contributed by atoms with Crippen LogP contribution in [0.5, 0.6) is 0 Å². The smallest absolute Gasteiger partial charge is 0.320 e. The zero-order chi connectivity index (χ0) is 33.8. The summed E-state index contributed by atoms with van der Waals surface area (Å²) in [6.07, 6.45) is 0.212. The molecule has 0 unspecified atom stereocenters. The second kappa shape index (κ2) is 12.0. The van der Waals surface area contributed by atoms with Gasteiger partial charge in [0, 0.05) is 11.1 Å².